The molecule has 174 valence electrons. The molecule has 6 nitrogen and oxygen atoms in total. The minimum atomic E-state index is -0.759. The first kappa shape index (κ1) is 24.0. The van der Waals surface area contributed by atoms with E-state index in [2.05, 4.69) is 10.2 Å². The lowest BCUT2D eigenvalue weighted by molar-refractivity contribution is -0.121. The van der Waals surface area contributed by atoms with E-state index >= 15 is 0 Å². The Morgan fingerprint density at radius 1 is 1.09 bits per heavy atom. The summed E-state index contributed by atoms with van der Waals surface area (Å²) >= 11 is 0. The predicted molar refractivity (Wildman–Crippen MR) is 113 cm³/mol. The highest BCUT2D eigenvalue weighted by Gasteiger charge is 2.28. The molecule has 0 aromatic heterocycles. The number of aliphatic hydroxyl groups excluding tert-OH is 1. The molecule has 0 saturated carbocycles. The smallest absolute Gasteiger partial charge is 0.218 e. The minimum Gasteiger partial charge on any atom is -0.488 e. The van der Waals surface area contributed by atoms with Crippen LogP contribution in [0.1, 0.15) is 25.1 Å². The molecule has 1 aliphatic rings. The lowest BCUT2D eigenvalue weighted by Crippen LogP contribution is -2.52. The number of halogens is 3. The third kappa shape index (κ3) is 6.69. The SMILES string of the molecule is CC(=O)N[C@H](c1cc(F)ccc1F)N1CCN(CC[C@@H](O)COc2ccccc2F)CC1. The molecule has 0 unspecified atom stereocenters. The van der Waals surface area contributed by atoms with Gasteiger partial charge in [-0.25, -0.2) is 13.2 Å². The molecular formula is C23H28F3N3O3. The second kappa shape index (κ2) is 11.3. The maximum absolute atomic E-state index is 14.3. The maximum atomic E-state index is 14.3. The molecule has 0 aliphatic carbocycles. The summed E-state index contributed by atoms with van der Waals surface area (Å²) in [5.41, 5.74) is 0.0920. The van der Waals surface area contributed by atoms with Crippen LogP contribution in [0.15, 0.2) is 42.5 Å². The number of hydrogen-bond acceptors (Lipinski definition) is 5. The molecule has 1 fully saturated rings. The number of para-hydroxylation sites is 1. The number of aliphatic hydroxyl groups is 1. The number of ether oxygens (including phenoxy) is 1. The van der Waals surface area contributed by atoms with Gasteiger partial charge in [-0.1, -0.05) is 12.1 Å². The molecule has 9 heteroatoms. The monoisotopic (exact) mass is 451 g/mol. The van der Waals surface area contributed by atoms with Crippen LogP contribution in [0.25, 0.3) is 0 Å². The minimum absolute atomic E-state index is 0.00957. The highest BCUT2D eigenvalue weighted by molar-refractivity contribution is 5.73. The summed E-state index contributed by atoms with van der Waals surface area (Å²) in [7, 11) is 0. The number of rotatable bonds is 9. The van der Waals surface area contributed by atoms with Gasteiger partial charge in [0.05, 0.1) is 6.10 Å². The fourth-order valence-electron chi connectivity index (χ4n) is 3.69. The highest BCUT2D eigenvalue weighted by atomic mass is 19.1. The van der Waals surface area contributed by atoms with Crippen LogP contribution in [0.5, 0.6) is 5.75 Å². The first-order chi connectivity index (χ1) is 15.3. The summed E-state index contributed by atoms with van der Waals surface area (Å²) in [6.07, 6.45) is -1.06. The van der Waals surface area contributed by atoms with Gasteiger partial charge < -0.3 is 20.1 Å². The second-order valence-electron chi connectivity index (χ2n) is 7.83. The Balaban J connectivity index is 1.49. The van der Waals surface area contributed by atoms with Crippen molar-refractivity contribution in [3.05, 3.63) is 65.5 Å². The van der Waals surface area contributed by atoms with Gasteiger partial charge in [0.25, 0.3) is 0 Å². The van der Waals surface area contributed by atoms with Crippen LogP contribution in [0.3, 0.4) is 0 Å². The Kier molecular flexibility index (Phi) is 8.49. The lowest BCUT2D eigenvalue weighted by Gasteiger charge is -2.39. The number of nitrogens with one attached hydrogen (secondary N) is 1. The summed E-state index contributed by atoms with van der Waals surface area (Å²) < 4.78 is 46.9. The third-order valence-corrected chi connectivity index (χ3v) is 5.41. The van der Waals surface area contributed by atoms with Gasteiger partial charge in [-0.3, -0.25) is 9.69 Å². The molecule has 2 N–H and O–H groups in total. The molecule has 2 atom stereocenters. The van der Waals surface area contributed by atoms with Gasteiger partial charge in [0.2, 0.25) is 5.91 Å². The maximum Gasteiger partial charge on any atom is 0.218 e. The number of carbonyl (C=O) groups is 1. The topological polar surface area (TPSA) is 65.0 Å². The second-order valence-corrected chi connectivity index (χ2v) is 7.83. The normalized spacial score (nSPS) is 17.0. The zero-order chi connectivity index (χ0) is 23.1. The Morgan fingerprint density at radius 3 is 2.50 bits per heavy atom. The summed E-state index contributed by atoms with van der Waals surface area (Å²) in [5, 5.41) is 12.9. The van der Waals surface area contributed by atoms with E-state index in [1.165, 1.54) is 19.1 Å². The molecule has 32 heavy (non-hydrogen) atoms. The number of nitrogens with zero attached hydrogens (tertiary/aromatic N) is 2. The third-order valence-electron chi connectivity index (χ3n) is 5.41. The summed E-state index contributed by atoms with van der Waals surface area (Å²) in [4.78, 5) is 15.7. The zero-order valence-corrected chi connectivity index (χ0v) is 17.9. The van der Waals surface area contributed by atoms with E-state index < -0.39 is 29.7 Å². The summed E-state index contributed by atoms with van der Waals surface area (Å²) in [6.45, 7) is 4.26. The fourth-order valence-corrected chi connectivity index (χ4v) is 3.69. The summed E-state index contributed by atoms with van der Waals surface area (Å²) in [6, 6.07) is 9.24. The van der Waals surface area contributed by atoms with E-state index in [0.717, 1.165) is 18.2 Å². The van der Waals surface area contributed by atoms with Crippen LogP contribution in [-0.4, -0.2) is 66.2 Å². The number of hydrogen-bond donors (Lipinski definition) is 2. The molecule has 2 aromatic carbocycles. The van der Waals surface area contributed by atoms with Crippen molar-refractivity contribution in [3.63, 3.8) is 0 Å². The average molecular weight is 451 g/mol. The van der Waals surface area contributed by atoms with Crippen molar-refractivity contribution >= 4 is 5.91 Å². The Labute approximate surface area is 185 Å². The molecule has 1 heterocycles. The zero-order valence-electron chi connectivity index (χ0n) is 17.9. The van der Waals surface area contributed by atoms with Crippen LogP contribution in [-0.2, 0) is 4.79 Å². The average Bonchev–Trinajstić information content (AvgIpc) is 2.77. The van der Waals surface area contributed by atoms with Gasteiger partial charge in [0, 0.05) is 45.2 Å². The van der Waals surface area contributed by atoms with Gasteiger partial charge in [-0.05, 0) is 36.8 Å². The van der Waals surface area contributed by atoms with E-state index in [0.29, 0.717) is 39.1 Å². The van der Waals surface area contributed by atoms with Crippen LogP contribution in [0.2, 0.25) is 0 Å². The predicted octanol–water partition coefficient (Wildman–Crippen LogP) is 2.69. The van der Waals surface area contributed by atoms with Gasteiger partial charge in [-0.15, -0.1) is 0 Å². The first-order valence-corrected chi connectivity index (χ1v) is 10.6. The molecular weight excluding hydrogens is 423 g/mol. The van der Waals surface area contributed by atoms with Crippen LogP contribution < -0.4 is 10.1 Å². The molecule has 2 aromatic rings. The van der Waals surface area contributed by atoms with Crippen molar-refractivity contribution in [2.75, 3.05) is 39.3 Å². The quantitative estimate of drug-likeness (QED) is 0.614. The molecule has 1 aliphatic heterocycles. The van der Waals surface area contributed by atoms with Gasteiger partial charge in [-0.2, -0.15) is 0 Å². The fraction of sp³-hybridized carbons (Fsp3) is 0.435. The van der Waals surface area contributed by atoms with Crippen LogP contribution >= 0.6 is 0 Å². The van der Waals surface area contributed by atoms with Crippen molar-refractivity contribution < 1.29 is 27.8 Å². The molecule has 0 spiro atoms. The van der Waals surface area contributed by atoms with Gasteiger partial charge >= 0.3 is 0 Å². The molecule has 1 saturated heterocycles. The highest BCUT2D eigenvalue weighted by Crippen LogP contribution is 2.24. The number of piperazine rings is 1. The van der Waals surface area contributed by atoms with Crippen molar-refractivity contribution in [1.82, 2.24) is 15.1 Å². The van der Waals surface area contributed by atoms with Gasteiger partial charge in [0.15, 0.2) is 11.6 Å². The van der Waals surface area contributed by atoms with Crippen molar-refractivity contribution in [2.24, 2.45) is 0 Å². The Morgan fingerprint density at radius 2 is 1.81 bits per heavy atom. The number of benzene rings is 2. The van der Waals surface area contributed by atoms with E-state index in [1.54, 1.807) is 12.1 Å². The number of carbonyl (C=O) groups excluding carboxylic acids is 1. The van der Waals surface area contributed by atoms with Crippen molar-refractivity contribution in [2.45, 2.75) is 25.6 Å². The summed E-state index contributed by atoms with van der Waals surface area (Å²) in [5.74, 6) is -1.85. The first-order valence-electron chi connectivity index (χ1n) is 10.6. The van der Waals surface area contributed by atoms with E-state index in [-0.39, 0.29) is 23.8 Å². The lowest BCUT2D eigenvalue weighted by atomic mass is 10.1. The molecule has 1 amide bonds. The Hall–Kier alpha value is -2.62. The molecule has 0 bridgehead atoms. The number of amides is 1. The molecule has 3 rings (SSSR count). The van der Waals surface area contributed by atoms with E-state index in [4.69, 9.17) is 4.74 Å². The van der Waals surface area contributed by atoms with Crippen molar-refractivity contribution in [3.8, 4) is 5.75 Å². The van der Waals surface area contributed by atoms with E-state index in [1.807, 2.05) is 4.90 Å². The van der Waals surface area contributed by atoms with Crippen molar-refractivity contribution in [1.29, 1.82) is 0 Å². The van der Waals surface area contributed by atoms with Crippen LogP contribution in [0, 0.1) is 17.5 Å². The van der Waals surface area contributed by atoms with E-state index in [9.17, 15) is 23.1 Å². The van der Waals surface area contributed by atoms with Crippen LogP contribution in [0.4, 0.5) is 13.2 Å². The standard InChI is InChI=1S/C23H28F3N3O3/c1-16(30)27-23(19-14-17(24)6-7-20(19)25)29-12-10-28(11-13-29)9-8-18(31)15-32-22-5-3-2-4-21(22)26/h2-7,14,18,23,31H,8-13,15H2,1H3,(H,27,30)/t18-,23+/m1/s1. The molecule has 0 radical (unpaired) electrons. The largest absolute Gasteiger partial charge is 0.488 e. The Bertz CT molecular complexity index is 907. The van der Waals surface area contributed by atoms with Gasteiger partial charge in [0.1, 0.15) is 24.4 Å².